The standard InChI is InChI=1S/C44H87NO16/c1-2-3-4-5-6-7-8-9-10-11-12-17-49-19-21-51-23-25-53-27-29-55-31-33-57-35-37-59-39-41-61-42-40-60-38-36-58-34-32-56-30-28-54-26-24-52-22-20-50-18-13-16-45-43(46)14-15-44(47)48/h2-42H2,1H3,(H,45,46)(H,47,48). The van der Waals surface area contributed by atoms with Crippen molar-refractivity contribution in [3.05, 3.63) is 0 Å². The van der Waals surface area contributed by atoms with Gasteiger partial charge in [-0.3, -0.25) is 9.59 Å². The van der Waals surface area contributed by atoms with Crippen LogP contribution in [0.15, 0.2) is 0 Å². The van der Waals surface area contributed by atoms with E-state index in [1.807, 2.05) is 0 Å². The van der Waals surface area contributed by atoms with Crippen molar-refractivity contribution in [2.45, 2.75) is 96.8 Å². The molecule has 0 rings (SSSR count). The number of carboxylic acids is 1. The molecule has 0 saturated carbocycles. The van der Waals surface area contributed by atoms with Crippen LogP contribution in [0.1, 0.15) is 96.8 Å². The Kier molecular flexibility index (Phi) is 53.1. The van der Waals surface area contributed by atoms with Crippen LogP contribution < -0.4 is 5.32 Å². The van der Waals surface area contributed by atoms with Gasteiger partial charge in [-0.25, -0.2) is 0 Å². The normalized spacial score (nSPS) is 11.5. The summed E-state index contributed by atoms with van der Waals surface area (Å²) in [6, 6.07) is 0. The average Bonchev–Trinajstić information content (AvgIpc) is 3.26. The molecule has 0 aliphatic carbocycles. The first-order valence-electron chi connectivity index (χ1n) is 23.2. The van der Waals surface area contributed by atoms with Crippen molar-refractivity contribution in [2.75, 3.05) is 178 Å². The van der Waals surface area contributed by atoms with Gasteiger partial charge in [0.2, 0.25) is 5.91 Å². The van der Waals surface area contributed by atoms with Crippen molar-refractivity contribution in [2.24, 2.45) is 0 Å². The Morgan fingerprint density at radius 3 is 0.803 bits per heavy atom. The van der Waals surface area contributed by atoms with Crippen LogP contribution in [-0.2, 0) is 71.2 Å². The van der Waals surface area contributed by atoms with E-state index in [9.17, 15) is 9.59 Å². The number of carbonyl (C=O) groups is 2. The van der Waals surface area contributed by atoms with Gasteiger partial charge < -0.3 is 72.0 Å². The second kappa shape index (κ2) is 54.6. The first kappa shape index (κ1) is 59.4. The highest BCUT2D eigenvalue weighted by Gasteiger charge is 2.04. The smallest absolute Gasteiger partial charge is 0.303 e. The van der Waals surface area contributed by atoms with E-state index in [1.165, 1.54) is 64.2 Å². The Hall–Kier alpha value is -1.58. The number of aliphatic carboxylic acids is 1. The molecule has 2 N–H and O–H groups in total. The van der Waals surface area contributed by atoms with E-state index in [2.05, 4.69) is 12.2 Å². The number of carboxylic acid groups (broad SMARTS) is 1. The topological polar surface area (TPSA) is 186 Å². The van der Waals surface area contributed by atoms with E-state index in [0.717, 1.165) is 13.0 Å². The van der Waals surface area contributed by atoms with Gasteiger partial charge >= 0.3 is 5.97 Å². The zero-order chi connectivity index (χ0) is 44.0. The molecule has 0 aliphatic rings. The number of ether oxygens (including phenoxy) is 13. The van der Waals surface area contributed by atoms with Gasteiger partial charge in [0, 0.05) is 26.2 Å². The van der Waals surface area contributed by atoms with Crippen molar-refractivity contribution >= 4 is 11.9 Å². The molecule has 17 heteroatoms. The summed E-state index contributed by atoms with van der Waals surface area (Å²) in [6.07, 6.45) is 15.3. The van der Waals surface area contributed by atoms with Gasteiger partial charge in [-0.05, 0) is 12.8 Å². The van der Waals surface area contributed by atoms with Gasteiger partial charge in [-0.15, -0.1) is 0 Å². The maximum atomic E-state index is 11.4. The second-order valence-electron chi connectivity index (χ2n) is 14.1. The number of unbranched alkanes of at least 4 members (excludes halogenated alkanes) is 10. The van der Waals surface area contributed by atoms with Gasteiger partial charge in [-0.1, -0.05) is 71.1 Å². The molecule has 0 radical (unpaired) electrons. The van der Waals surface area contributed by atoms with E-state index in [0.29, 0.717) is 178 Å². The van der Waals surface area contributed by atoms with Crippen LogP contribution >= 0.6 is 0 Å². The van der Waals surface area contributed by atoms with Gasteiger partial charge in [0.1, 0.15) is 0 Å². The first-order valence-corrected chi connectivity index (χ1v) is 23.2. The number of nitrogens with one attached hydrogen (secondary N) is 1. The number of rotatable bonds is 55. The fourth-order valence-electron chi connectivity index (χ4n) is 5.32. The van der Waals surface area contributed by atoms with Crippen molar-refractivity contribution in [3.63, 3.8) is 0 Å². The molecule has 0 aliphatic heterocycles. The van der Waals surface area contributed by atoms with Crippen LogP contribution in [0.3, 0.4) is 0 Å². The minimum atomic E-state index is -0.983. The highest BCUT2D eigenvalue weighted by Crippen LogP contribution is 2.11. The van der Waals surface area contributed by atoms with E-state index in [1.54, 1.807) is 0 Å². The summed E-state index contributed by atoms with van der Waals surface area (Å²) in [4.78, 5) is 21.8. The molecule has 0 heterocycles. The molecule has 1 amide bonds. The molecule has 0 bridgehead atoms. The molecule has 364 valence electrons. The third-order valence-corrected chi connectivity index (χ3v) is 8.71. The zero-order valence-corrected chi connectivity index (χ0v) is 38.1. The lowest BCUT2D eigenvalue weighted by Gasteiger charge is -2.09. The molecule has 17 nitrogen and oxygen atoms in total. The van der Waals surface area contributed by atoms with E-state index in [4.69, 9.17) is 66.7 Å². The van der Waals surface area contributed by atoms with Crippen molar-refractivity contribution in [1.82, 2.24) is 5.32 Å². The Labute approximate surface area is 368 Å². The van der Waals surface area contributed by atoms with Gasteiger partial charge in [-0.2, -0.15) is 0 Å². The summed E-state index contributed by atoms with van der Waals surface area (Å²) in [5.74, 6) is -1.25. The summed E-state index contributed by atoms with van der Waals surface area (Å²) >= 11 is 0. The SMILES string of the molecule is CCCCCCCCCCCCCOCCOCCOCCOCCOCCOCCOCCOCCOCCOCCOCCOCCOCCCNC(=O)CCC(=O)O. The highest BCUT2D eigenvalue weighted by molar-refractivity contribution is 5.80. The first-order chi connectivity index (χ1) is 30.2. The van der Waals surface area contributed by atoms with Crippen molar-refractivity contribution < 1.29 is 76.3 Å². The summed E-state index contributed by atoms with van der Waals surface area (Å²) in [6.45, 7) is 16.2. The summed E-state index contributed by atoms with van der Waals surface area (Å²) in [5, 5.41) is 11.2. The molecule has 0 saturated heterocycles. The monoisotopic (exact) mass is 886 g/mol. The number of hydrogen-bond donors (Lipinski definition) is 2. The predicted molar refractivity (Wildman–Crippen MR) is 232 cm³/mol. The minimum absolute atomic E-state index is 0.0111. The molecule has 61 heavy (non-hydrogen) atoms. The predicted octanol–water partition coefficient (Wildman–Crippen LogP) is 4.88. The maximum Gasteiger partial charge on any atom is 0.303 e. The fraction of sp³-hybridized carbons (Fsp3) is 0.955. The Morgan fingerprint density at radius 2 is 0.541 bits per heavy atom. The van der Waals surface area contributed by atoms with E-state index in [-0.39, 0.29) is 18.7 Å². The van der Waals surface area contributed by atoms with E-state index < -0.39 is 5.97 Å². The summed E-state index contributed by atoms with van der Waals surface area (Å²) < 4.78 is 71.6. The Bertz CT molecular complexity index is 862. The summed E-state index contributed by atoms with van der Waals surface area (Å²) in [7, 11) is 0. The van der Waals surface area contributed by atoms with Crippen LogP contribution in [0.25, 0.3) is 0 Å². The zero-order valence-electron chi connectivity index (χ0n) is 38.1. The molecule has 0 aromatic rings. The van der Waals surface area contributed by atoms with Crippen LogP contribution in [-0.4, -0.2) is 195 Å². The molecular weight excluding hydrogens is 798 g/mol. The third kappa shape index (κ3) is 56.4. The largest absolute Gasteiger partial charge is 0.481 e. The van der Waals surface area contributed by atoms with Gasteiger partial charge in [0.15, 0.2) is 0 Å². The quantitative estimate of drug-likeness (QED) is 0.0787. The molecule has 0 fully saturated rings. The van der Waals surface area contributed by atoms with Crippen LogP contribution in [0.5, 0.6) is 0 Å². The Balaban J connectivity index is 3.08. The average molecular weight is 886 g/mol. The molecular formula is C44H87NO16. The molecule has 0 aromatic heterocycles. The van der Waals surface area contributed by atoms with Crippen molar-refractivity contribution in [3.8, 4) is 0 Å². The third-order valence-electron chi connectivity index (χ3n) is 8.71. The number of amides is 1. The van der Waals surface area contributed by atoms with Crippen molar-refractivity contribution in [1.29, 1.82) is 0 Å². The van der Waals surface area contributed by atoms with Crippen LogP contribution in [0.4, 0.5) is 0 Å². The molecule has 0 aromatic carbocycles. The number of hydrogen-bond acceptors (Lipinski definition) is 15. The van der Waals surface area contributed by atoms with E-state index >= 15 is 0 Å². The van der Waals surface area contributed by atoms with Crippen LogP contribution in [0.2, 0.25) is 0 Å². The van der Waals surface area contributed by atoms with Crippen LogP contribution in [0, 0.1) is 0 Å². The van der Waals surface area contributed by atoms with Gasteiger partial charge in [0.25, 0.3) is 0 Å². The number of carbonyl (C=O) groups excluding carboxylic acids is 1. The minimum Gasteiger partial charge on any atom is -0.481 e. The highest BCUT2D eigenvalue weighted by atomic mass is 16.6. The molecule has 0 spiro atoms. The lowest BCUT2D eigenvalue weighted by molar-refractivity contribution is -0.138. The second-order valence-corrected chi connectivity index (χ2v) is 14.1. The lowest BCUT2D eigenvalue weighted by Crippen LogP contribution is -2.25. The fourth-order valence-corrected chi connectivity index (χ4v) is 5.32. The summed E-state index contributed by atoms with van der Waals surface area (Å²) in [5.41, 5.74) is 0. The molecule has 0 atom stereocenters. The lowest BCUT2D eigenvalue weighted by atomic mass is 10.1. The maximum absolute atomic E-state index is 11.4. The van der Waals surface area contributed by atoms with Gasteiger partial charge in [0.05, 0.1) is 165 Å². The molecule has 0 unspecified atom stereocenters. The Morgan fingerprint density at radius 1 is 0.311 bits per heavy atom.